The predicted molar refractivity (Wildman–Crippen MR) is 78.9 cm³/mol. The summed E-state index contributed by atoms with van der Waals surface area (Å²) in [6, 6.07) is 3.14. The van der Waals surface area contributed by atoms with Gasteiger partial charge >= 0.3 is 5.97 Å². The Balaban J connectivity index is 2.36. The van der Waals surface area contributed by atoms with Gasteiger partial charge in [-0.05, 0) is 6.07 Å². The van der Waals surface area contributed by atoms with Crippen molar-refractivity contribution in [1.82, 2.24) is 10.3 Å². The van der Waals surface area contributed by atoms with Crippen LogP contribution in [0.3, 0.4) is 0 Å². The lowest BCUT2D eigenvalue weighted by molar-refractivity contribution is -0.133. The van der Waals surface area contributed by atoms with Crippen LogP contribution in [0.4, 0.5) is 0 Å². The lowest BCUT2D eigenvalue weighted by Crippen LogP contribution is -2.26. The highest BCUT2D eigenvalue weighted by Crippen LogP contribution is 2.09. The number of nitrogens with zero attached hydrogens (tertiary/aromatic N) is 1. The Morgan fingerprint density at radius 3 is 2.95 bits per heavy atom. The summed E-state index contributed by atoms with van der Waals surface area (Å²) in [4.78, 5) is 26.2. The zero-order chi connectivity index (χ0) is 15.5. The number of pyridine rings is 1. The molecule has 0 unspecified atom stereocenters. The quantitative estimate of drug-likeness (QED) is 0.612. The topological polar surface area (TPSA) is 97.8 Å². The first-order chi connectivity index (χ1) is 10.1. The van der Waals surface area contributed by atoms with Gasteiger partial charge in [0.1, 0.15) is 6.61 Å². The highest BCUT2D eigenvalue weighted by molar-refractivity contribution is 7.99. The normalized spacial score (nSPS) is 10.1. The van der Waals surface area contributed by atoms with Gasteiger partial charge in [0.05, 0.1) is 12.4 Å². The Hall–Kier alpha value is -1.80. The maximum atomic E-state index is 11.9. The summed E-state index contributed by atoms with van der Waals surface area (Å²) >= 11 is 1.25. The second-order valence-corrected chi connectivity index (χ2v) is 5.03. The standard InChI is InChI=1S/C13H18N2O5S/c1-19-5-6-20-11-8-10(2-3-14-11)13(18)15-4-7-21-9-12(16)17/h2-3,8H,4-7,9H2,1H3,(H,15,18)(H,16,17). The van der Waals surface area contributed by atoms with Gasteiger partial charge in [-0.2, -0.15) is 0 Å². The molecule has 116 valence electrons. The number of carboxylic acids is 1. The first-order valence-electron chi connectivity index (χ1n) is 6.29. The third-order valence-electron chi connectivity index (χ3n) is 2.29. The molecule has 0 aliphatic heterocycles. The van der Waals surface area contributed by atoms with E-state index in [-0.39, 0.29) is 11.7 Å². The second-order valence-electron chi connectivity index (χ2n) is 3.93. The van der Waals surface area contributed by atoms with Crippen LogP contribution in [0.1, 0.15) is 10.4 Å². The van der Waals surface area contributed by atoms with Crippen molar-refractivity contribution in [2.24, 2.45) is 0 Å². The highest BCUT2D eigenvalue weighted by Gasteiger charge is 2.07. The Bertz CT molecular complexity index is 470. The van der Waals surface area contributed by atoms with Crippen molar-refractivity contribution in [3.8, 4) is 5.88 Å². The average Bonchev–Trinajstić information content (AvgIpc) is 2.47. The molecule has 0 spiro atoms. The molecule has 0 atom stereocenters. The van der Waals surface area contributed by atoms with Crippen molar-refractivity contribution < 1.29 is 24.2 Å². The number of nitrogens with one attached hydrogen (secondary N) is 1. The van der Waals surface area contributed by atoms with Crippen LogP contribution in [-0.2, 0) is 9.53 Å². The first kappa shape index (κ1) is 17.3. The lowest BCUT2D eigenvalue weighted by Gasteiger charge is -2.07. The summed E-state index contributed by atoms with van der Waals surface area (Å²) in [5, 5.41) is 11.2. The van der Waals surface area contributed by atoms with Crippen LogP contribution in [0.15, 0.2) is 18.3 Å². The van der Waals surface area contributed by atoms with Crippen LogP contribution >= 0.6 is 11.8 Å². The number of aliphatic carboxylic acids is 1. The predicted octanol–water partition coefficient (Wildman–Crippen LogP) is 0.654. The molecule has 8 heteroatoms. The van der Waals surface area contributed by atoms with E-state index in [1.165, 1.54) is 18.0 Å². The van der Waals surface area contributed by atoms with Crippen LogP contribution in [0, 0.1) is 0 Å². The maximum Gasteiger partial charge on any atom is 0.313 e. The number of carbonyl (C=O) groups is 2. The number of rotatable bonds is 10. The number of thioether (sulfide) groups is 1. The van der Waals surface area contributed by atoms with Crippen molar-refractivity contribution in [2.75, 3.05) is 38.4 Å². The minimum atomic E-state index is -0.863. The van der Waals surface area contributed by atoms with E-state index in [4.69, 9.17) is 14.6 Å². The van der Waals surface area contributed by atoms with Gasteiger partial charge < -0.3 is 19.9 Å². The number of carboxylic acid groups (broad SMARTS) is 1. The van der Waals surface area contributed by atoms with Gasteiger partial charge in [0.2, 0.25) is 5.88 Å². The number of amides is 1. The van der Waals surface area contributed by atoms with Gasteiger partial charge in [0.15, 0.2) is 0 Å². The molecule has 0 aliphatic rings. The van der Waals surface area contributed by atoms with E-state index in [1.807, 2.05) is 0 Å². The van der Waals surface area contributed by atoms with E-state index < -0.39 is 5.97 Å². The van der Waals surface area contributed by atoms with Crippen molar-refractivity contribution in [1.29, 1.82) is 0 Å². The van der Waals surface area contributed by atoms with E-state index in [0.29, 0.717) is 37.0 Å². The molecule has 1 aromatic rings. The van der Waals surface area contributed by atoms with Crippen molar-refractivity contribution in [2.45, 2.75) is 0 Å². The van der Waals surface area contributed by atoms with Crippen molar-refractivity contribution in [3.63, 3.8) is 0 Å². The SMILES string of the molecule is COCCOc1cc(C(=O)NCCSCC(=O)O)ccn1. The van der Waals surface area contributed by atoms with Gasteiger partial charge in [-0.3, -0.25) is 9.59 Å². The average molecular weight is 314 g/mol. The van der Waals surface area contributed by atoms with E-state index in [9.17, 15) is 9.59 Å². The number of hydrogen-bond donors (Lipinski definition) is 2. The summed E-state index contributed by atoms with van der Waals surface area (Å²) in [6.45, 7) is 1.21. The molecule has 1 aromatic heterocycles. The van der Waals surface area contributed by atoms with E-state index in [0.717, 1.165) is 0 Å². The zero-order valence-electron chi connectivity index (χ0n) is 11.7. The molecular weight excluding hydrogens is 296 g/mol. The highest BCUT2D eigenvalue weighted by atomic mass is 32.2. The summed E-state index contributed by atoms with van der Waals surface area (Å²) in [6.07, 6.45) is 1.50. The third-order valence-corrected chi connectivity index (χ3v) is 3.24. The van der Waals surface area contributed by atoms with Gasteiger partial charge in [-0.1, -0.05) is 0 Å². The second kappa shape index (κ2) is 10.0. The molecule has 0 bridgehead atoms. The molecule has 0 aromatic carbocycles. The third kappa shape index (κ3) is 7.52. The molecule has 0 saturated carbocycles. The van der Waals surface area contributed by atoms with Gasteiger partial charge in [0.25, 0.3) is 5.91 Å². The van der Waals surface area contributed by atoms with Crippen LogP contribution in [0.2, 0.25) is 0 Å². The maximum absolute atomic E-state index is 11.9. The first-order valence-corrected chi connectivity index (χ1v) is 7.44. The fourth-order valence-electron chi connectivity index (χ4n) is 1.36. The summed E-state index contributed by atoms with van der Waals surface area (Å²) < 4.78 is 10.2. The molecule has 2 N–H and O–H groups in total. The Morgan fingerprint density at radius 1 is 1.43 bits per heavy atom. The number of hydrogen-bond acceptors (Lipinski definition) is 6. The molecule has 0 aliphatic carbocycles. The number of ether oxygens (including phenoxy) is 2. The van der Waals surface area contributed by atoms with Crippen LogP contribution < -0.4 is 10.1 Å². The fourth-order valence-corrected chi connectivity index (χ4v) is 1.92. The zero-order valence-corrected chi connectivity index (χ0v) is 12.5. The Labute approximate surface area is 127 Å². The Kier molecular flexibility index (Phi) is 8.22. The lowest BCUT2D eigenvalue weighted by atomic mass is 10.2. The van der Waals surface area contributed by atoms with Crippen LogP contribution in [0.5, 0.6) is 5.88 Å². The molecule has 0 radical (unpaired) electrons. The van der Waals surface area contributed by atoms with Crippen molar-refractivity contribution >= 4 is 23.6 Å². The smallest absolute Gasteiger partial charge is 0.313 e. The molecule has 1 amide bonds. The molecule has 0 fully saturated rings. The van der Waals surface area contributed by atoms with Gasteiger partial charge in [0, 0.05) is 37.2 Å². The van der Waals surface area contributed by atoms with Gasteiger partial charge in [-0.25, -0.2) is 4.98 Å². The minimum absolute atomic E-state index is 0.0304. The van der Waals surface area contributed by atoms with E-state index in [2.05, 4.69) is 10.3 Å². The summed E-state index contributed by atoms with van der Waals surface area (Å²) in [5.74, 6) is -0.175. The molecule has 1 heterocycles. The Morgan fingerprint density at radius 2 is 2.24 bits per heavy atom. The molecule has 0 saturated heterocycles. The number of carbonyl (C=O) groups excluding carboxylic acids is 1. The molecule has 21 heavy (non-hydrogen) atoms. The van der Waals surface area contributed by atoms with Crippen LogP contribution in [-0.4, -0.2) is 60.3 Å². The molecule has 7 nitrogen and oxygen atoms in total. The number of aromatic nitrogens is 1. The largest absolute Gasteiger partial charge is 0.481 e. The van der Waals surface area contributed by atoms with Crippen LogP contribution in [0.25, 0.3) is 0 Å². The monoisotopic (exact) mass is 314 g/mol. The van der Waals surface area contributed by atoms with Crippen molar-refractivity contribution in [3.05, 3.63) is 23.9 Å². The molecule has 1 rings (SSSR count). The summed E-state index contributed by atoms with van der Waals surface area (Å²) in [7, 11) is 1.57. The number of methoxy groups -OCH3 is 1. The van der Waals surface area contributed by atoms with Gasteiger partial charge in [-0.15, -0.1) is 11.8 Å². The van der Waals surface area contributed by atoms with E-state index >= 15 is 0 Å². The van der Waals surface area contributed by atoms with E-state index in [1.54, 1.807) is 19.2 Å². The minimum Gasteiger partial charge on any atom is -0.481 e. The molecular formula is C13H18N2O5S. The fraction of sp³-hybridized carbons (Fsp3) is 0.462. The summed E-state index contributed by atoms with van der Waals surface area (Å²) in [5.41, 5.74) is 0.445.